The lowest BCUT2D eigenvalue weighted by Crippen LogP contribution is -1.98. The highest BCUT2D eigenvalue weighted by molar-refractivity contribution is 5.92. The molecule has 2 aromatic rings. The van der Waals surface area contributed by atoms with Crippen molar-refractivity contribution in [3.8, 4) is 5.75 Å². The summed E-state index contributed by atoms with van der Waals surface area (Å²) in [7, 11) is 1.45. The van der Waals surface area contributed by atoms with Crippen LogP contribution in [-0.2, 0) is 0 Å². The largest absolute Gasteiger partial charge is 0.494 e. The van der Waals surface area contributed by atoms with E-state index >= 15 is 0 Å². The highest BCUT2D eigenvalue weighted by Crippen LogP contribution is 2.28. The molecule has 0 radical (unpaired) electrons. The number of fused-ring (bicyclic) bond motifs is 1. The standard InChI is InChI=1S/C12H13FN2O/c1-3-14-10-4-5-15-11-7-9(13)12(16-2)6-8(10)11/h4-7H,3H2,1-2H3,(H,14,15). The van der Waals surface area contributed by atoms with Gasteiger partial charge in [-0.3, -0.25) is 4.98 Å². The van der Waals surface area contributed by atoms with Crippen molar-refractivity contribution in [2.24, 2.45) is 0 Å². The second kappa shape index (κ2) is 4.35. The van der Waals surface area contributed by atoms with Gasteiger partial charge in [-0.05, 0) is 19.1 Å². The van der Waals surface area contributed by atoms with Crippen molar-refractivity contribution in [1.82, 2.24) is 4.98 Å². The van der Waals surface area contributed by atoms with E-state index in [-0.39, 0.29) is 5.75 Å². The zero-order chi connectivity index (χ0) is 11.5. The molecule has 0 unspecified atom stereocenters. The third-order valence-corrected chi connectivity index (χ3v) is 2.38. The molecule has 0 fully saturated rings. The van der Waals surface area contributed by atoms with Gasteiger partial charge in [-0.25, -0.2) is 4.39 Å². The van der Waals surface area contributed by atoms with Crippen molar-refractivity contribution in [2.45, 2.75) is 6.92 Å². The van der Waals surface area contributed by atoms with E-state index in [9.17, 15) is 4.39 Å². The van der Waals surface area contributed by atoms with Gasteiger partial charge in [0.2, 0.25) is 0 Å². The lowest BCUT2D eigenvalue weighted by atomic mass is 10.1. The molecule has 1 aromatic heterocycles. The topological polar surface area (TPSA) is 34.2 Å². The van der Waals surface area contributed by atoms with Gasteiger partial charge in [0.15, 0.2) is 11.6 Å². The fourth-order valence-electron chi connectivity index (χ4n) is 1.65. The normalized spacial score (nSPS) is 10.4. The van der Waals surface area contributed by atoms with Crippen molar-refractivity contribution in [3.63, 3.8) is 0 Å². The molecule has 0 aliphatic carbocycles. The molecule has 3 nitrogen and oxygen atoms in total. The maximum Gasteiger partial charge on any atom is 0.167 e. The minimum absolute atomic E-state index is 0.236. The zero-order valence-corrected chi connectivity index (χ0v) is 9.25. The molecule has 0 spiro atoms. The Morgan fingerprint density at radius 1 is 1.44 bits per heavy atom. The summed E-state index contributed by atoms with van der Waals surface area (Å²) in [6.07, 6.45) is 1.66. The Morgan fingerprint density at radius 2 is 2.25 bits per heavy atom. The minimum Gasteiger partial charge on any atom is -0.494 e. The average Bonchev–Trinajstić information content (AvgIpc) is 2.29. The molecular weight excluding hydrogens is 207 g/mol. The van der Waals surface area contributed by atoms with E-state index < -0.39 is 5.82 Å². The van der Waals surface area contributed by atoms with Gasteiger partial charge in [0.25, 0.3) is 0 Å². The number of hydrogen-bond donors (Lipinski definition) is 1. The SMILES string of the molecule is CCNc1ccnc2cc(F)c(OC)cc12. The van der Waals surface area contributed by atoms with E-state index in [0.717, 1.165) is 17.6 Å². The van der Waals surface area contributed by atoms with Crippen molar-refractivity contribution in [1.29, 1.82) is 0 Å². The van der Waals surface area contributed by atoms with Gasteiger partial charge in [-0.1, -0.05) is 0 Å². The van der Waals surface area contributed by atoms with E-state index in [4.69, 9.17) is 4.74 Å². The molecule has 1 N–H and O–H groups in total. The van der Waals surface area contributed by atoms with Crippen LogP contribution in [0.4, 0.5) is 10.1 Å². The Hall–Kier alpha value is -1.84. The van der Waals surface area contributed by atoms with Crippen molar-refractivity contribution in [2.75, 3.05) is 19.0 Å². The van der Waals surface area contributed by atoms with Crippen LogP contribution in [0.5, 0.6) is 5.75 Å². The summed E-state index contributed by atoms with van der Waals surface area (Å²) in [5.74, 6) is -0.157. The first kappa shape index (κ1) is 10.7. The number of methoxy groups -OCH3 is 1. The van der Waals surface area contributed by atoms with Crippen LogP contribution in [0, 0.1) is 5.82 Å². The fourth-order valence-corrected chi connectivity index (χ4v) is 1.65. The Labute approximate surface area is 93.3 Å². The van der Waals surface area contributed by atoms with Crippen molar-refractivity contribution < 1.29 is 9.13 Å². The van der Waals surface area contributed by atoms with Crippen LogP contribution in [0.2, 0.25) is 0 Å². The maximum absolute atomic E-state index is 13.5. The molecule has 1 aromatic carbocycles. The molecule has 0 bridgehead atoms. The van der Waals surface area contributed by atoms with Crippen LogP contribution >= 0.6 is 0 Å². The maximum atomic E-state index is 13.5. The Kier molecular flexibility index (Phi) is 2.90. The molecule has 1 heterocycles. The molecule has 4 heteroatoms. The highest BCUT2D eigenvalue weighted by atomic mass is 19.1. The highest BCUT2D eigenvalue weighted by Gasteiger charge is 2.08. The van der Waals surface area contributed by atoms with Gasteiger partial charge in [0.1, 0.15) is 0 Å². The lowest BCUT2D eigenvalue weighted by molar-refractivity contribution is 0.387. The number of anilines is 1. The molecule has 0 atom stereocenters. The molecule has 0 aliphatic heterocycles. The first-order chi connectivity index (χ1) is 7.76. The van der Waals surface area contributed by atoms with E-state index in [0.29, 0.717) is 5.52 Å². The van der Waals surface area contributed by atoms with Crippen LogP contribution in [0.25, 0.3) is 10.9 Å². The first-order valence-corrected chi connectivity index (χ1v) is 5.12. The van der Waals surface area contributed by atoms with Crippen LogP contribution in [0.1, 0.15) is 6.92 Å². The number of nitrogens with zero attached hydrogens (tertiary/aromatic N) is 1. The number of pyridine rings is 1. The summed E-state index contributed by atoms with van der Waals surface area (Å²) in [5.41, 5.74) is 1.56. The first-order valence-electron chi connectivity index (χ1n) is 5.12. The summed E-state index contributed by atoms with van der Waals surface area (Å²) in [6, 6.07) is 4.91. The van der Waals surface area contributed by atoms with Gasteiger partial charge in [0, 0.05) is 29.9 Å². The van der Waals surface area contributed by atoms with E-state index in [1.54, 1.807) is 12.3 Å². The molecule has 0 saturated carbocycles. The monoisotopic (exact) mass is 220 g/mol. The van der Waals surface area contributed by atoms with Crippen molar-refractivity contribution >= 4 is 16.6 Å². The van der Waals surface area contributed by atoms with Gasteiger partial charge in [0.05, 0.1) is 12.6 Å². The molecule has 2 rings (SSSR count). The molecule has 0 aliphatic rings. The van der Waals surface area contributed by atoms with Gasteiger partial charge in [-0.2, -0.15) is 0 Å². The third kappa shape index (κ3) is 1.78. The molecule has 84 valence electrons. The predicted molar refractivity (Wildman–Crippen MR) is 62.4 cm³/mol. The summed E-state index contributed by atoms with van der Waals surface area (Å²) >= 11 is 0. The second-order valence-corrected chi connectivity index (χ2v) is 3.39. The minimum atomic E-state index is -0.392. The zero-order valence-electron chi connectivity index (χ0n) is 9.25. The van der Waals surface area contributed by atoms with Crippen LogP contribution in [0.3, 0.4) is 0 Å². The van der Waals surface area contributed by atoms with Gasteiger partial charge < -0.3 is 10.1 Å². The van der Waals surface area contributed by atoms with E-state index in [1.165, 1.54) is 13.2 Å². The molecule has 0 amide bonds. The Balaban J connectivity index is 2.66. The predicted octanol–water partition coefficient (Wildman–Crippen LogP) is 2.81. The lowest BCUT2D eigenvalue weighted by Gasteiger charge is -2.09. The van der Waals surface area contributed by atoms with E-state index in [2.05, 4.69) is 10.3 Å². The molecule has 0 saturated heterocycles. The van der Waals surface area contributed by atoms with E-state index in [1.807, 2.05) is 13.0 Å². The van der Waals surface area contributed by atoms with Crippen LogP contribution in [-0.4, -0.2) is 18.6 Å². The van der Waals surface area contributed by atoms with Crippen LogP contribution in [0.15, 0.2) is 24.4 Å². The Morgan fingerprint density at radius 3 is 2.94 bits per heavy atom. The molecule has 16 heavy (non-hydrogen) atoms. The number of ether oxygens (including phenoxy) is 1. The number of hydrogen-bond acceptors (Lipinski definition) is 3. The van der Waals surface area contributed by atoms with Crippen molar-refractivity contribution in [3.05, 3.63) is 30.2 Å². The second-order valence-electron chi connectivity index (χ2n) is 3.39. The smallest absolute Gasteiger partial charge is 0.167 e. The number of aromatic nitrogens is 1. The number of halogens is 1. The summed E-state index contributed by atoms with van der Waals surface area (Å²) in [5, 5.41) is 4.07. The number of nitrogens with one attached hydrogen (secondary N) is 1. The molecular formula is C12H13FN2O. The van der Waals surface area contributed by atoms with Gasteiger partial charge >= 0.3 is 0 Å². The fraction of sp³-hybridized carbons (Fsp3) is 0.250. The summed E-state index contributed by atoms with van der Waals surface area (Å²) in [4.78, 5) is 4.12. The Bertz CT molecular complexity index is 514. The van der Waals surface area contributed by atoms with Gasteiger partial charge in [-0.15, -0.1) is 0 Å². The third-order valence-electron chi connectivity index (χ3n) is 2.38. The average molecular weight is 220 g/mol. The summed E-state index contributed by atoms with van der Waals surface area (Å²) < 4.78 is 18.4. The van der Waals surface area contributed by atoms with Crippen LogP contribution < -0.4 is 10.1 Å². The number of benzene rings is 1. The number of rotatable bonds is 3. The summed E-state index contributed by atoms with van der Waals surface area (Å²) in [6.45, 7) is 2.81. The quantitative estimate of drug-likeness (QED) is 0.863.